The van der Waals surface area contributed by atoms with E-state index in [9.17, 15) is 14.9 Å². The highest BCUT2D eigenvalue weighted by molar-refractivity contribution is 5.93. The lowest BCUT2D eigenvalue weighted by Gasteiger charge is -2.36. The topological polar surface area (TPSA) is 169 Å². The summed E-state index contributed by atoms with van der Waals surface area (Å²) in [5, 5.41) is 26.1. The largest absolute Gasteiger partial charge is 0.399 e. The average molecular weight is 556 g/mol. The van der Waals surface area contributed by atoms with Crippen molar-refractivity contribution in [3.05, 3.63) is 82.2 Å². The van der Waals surface area contributed by atoms with E-state index < -0.39 is 17.4 Å². The number of hydrogen-bond donors (Lipinski definition) is 3. The SMILES string of the molecule is C=C(N)c1ccc2c(c1)CCc1cc(C(N)=O)ccc1C2(C[C@@H](C)NCC(=O)N(CC)C(C)C#N)c1nnn(C)n1. The number of nitrogens with one attached hydrogen (secondary N) is 1. The van der Waals surface area contributed by atoms with E-state index in [1.165, 1.54) is 4.80 Å². The predicted octanol–water partition coefficient (Wildman–Crippen LogP) is 1.80. The van der Waals surface area contributed by atoms with Crippen molar-refractivity contribution in [2.24, 2.45) is 18.5 Å². The molecule has 0 aliphatic heterocycles. The van der Waals surface area contributed by atoms with Crippen LogP contribution in [0.3, 0.4) is 0 Å². The number of rotatable bonds is 10. The van der Waals surface area contributed by atoms with Crippen molar-refractivity contribution in [3.63, 3.8) is 0 Å². The predicted molar refractivity (Wildman–Crippen MR) is 155 cm³/mol. The molecule has 3 atom stereocenters. The van der Waals surface area contributed by atoms with Gasteiger partial charge in [-0.2, -0.15) is 10.1 Å². The fourth-order valence-corrected chi connectivity index (χ4v) is 5.84. The zero-order chi connectivity index (χ0) is 29.9. The van der Waals surface area contributed by atoms with Crippen LogP contribution in [0.1, 0.15) is 71.2 Å². The Kier molecular flexibility index (Phi) is 8.54. The van der Waals surface area contributed by atoms with Crippen LogP contribution in [0.4, 0.5) is 0 Å². The summed E-state index contributed by atoms with van der Waals surface area (Å²) < 4.78 is 0. The van der Waals surface area contributed by atoms with Crippen LogP contribution in [-0.4, -0.2) is 62.1 Å². The lowest BCUT2D eigenvalue weighted by Crippen LogP contribution is -2.46. The number of benzene rings is 2. The molecule has 11 heteroatoms. The second kappa shape index (κ2) is 11.9. The Morgan fingerprint density at radius 1 is 1.15 bits per heavy atom. The summed E-state index contributed by atoms with van der Waals surface area (Å²) in [5.74, 6) is -0.150. The number of aryl methyl sites for hydroxylation is 3. The van der Waals surface area contributed by atoms with E-state index >= 15 is 0 Å². The molecule has 0 fully saturated rings. The Bertz CT molecular complexity index is 1450. The average Bonchev–Trinajstić information content (AvgIpc) is 3.34. The van der Waals surface area contributed by atoms with Crippen LogP contribution < -0.4 is 16.8 Å². The zero-order valence-electron chi connectivity index (χ0n) is 24.0. The number of nitriles is 1. The maximum atomic E-state index is 13.0. The van der Waals surface area contributed by atoms with Crippen LogP contribution in [0, 0.1) is 11.3 Å². The third-order valence-corrected chi connectivity index (χ3v) is 7.87. The van der Waals surface area contributed by atoms with Crippen LogP contribution >= 0.6 is 0 Å². The molecule has 2 unspecified atom stereocenters. The Balaban J connectivity index is 1.86. The molecule has 1 aliphatic rings. The number of hydrogen-bond acceptors (Lipinski definition) is 8. The molecule has 0 bridgehead atoms. The van der Waals surface area contributed by atoms with E-state index in [4.69, 9.17) is 16.6 Å². The molecule has 0 saturated heterocycles. The second-order valence-electron chi connectivity index (χ2n) is 10.6. The molecule has 1 aliphatic carbocycles. The van der Waals surface area contributed by atoms with Gasteiger partial charge in [-0.25, -0.2) is 0 Å². The van der Waals surface area contributed by atoms with Crippen LogP contribution in [0.25, 0.3) is 5.70 Å². The van der Waals surface area contributed by atoms with Gasteiger partial charge in [-0.15, -0.1) is 10.2 Å². The van der Waals surface area contributed by atoms with Gasteiger partial charge >= 0.3 is 0 Å². The molecule has 2 aromatic carbocycles. The highest BCUT2D eigenvalue weighted by atomic mass is 16.2. The van der Waals surface area contributed by atoms with Crippen LogP contribution in [-0.2, 0) is 30.1 Å². The minimum atomic E-state index is -0.875. The maximum absolute atomic E-state index is 13.0. The van der Waals surface area contributed by atoms with Crippen molar-refractivity contribution in [2.45, 2.75) is 57.5 Å². The van der Waals surface area contributed by atoms with Gasteiger partial charge in [-0.1, -0.05) is 24.8 Å². The molecule has 3 aromatic rings. The van der Waals surface area contributed by atoms with Gasteiger partial charge in [-0.3, -0.25) is 9.59 Å². The molecule has 0 radical (unpaired) electrons. The molecule has 5 N–H and O–H groups in total. The first-order chi connectivity index (χ1) is 19.5. The Morgan fingerprint density at radius 3 is 2.27 bits per heavy atom. The maximum Gasteiger partial charge on any atom is 0.248 e. The summed E-state index contributed by atoms with van der Waals surface area (Å²) in [4.78, 5) is 28.1. The number of nitrogens with two attached hydrogens (primary N) is 2. The molecule has 1 heterocycles. The Morgan fingerprint density at radius 2 is 1.76 bits per heavy atom. The highest BCUT2D eigenvalue weighted by Crippen LogP contribution is 2.47. The number of amides is 2. The first-order valence-corrected chi connectivity index (χ1v) is 13.7. The molecule has 1 aromatic heterocycles. The number of fused-ring (bicyclic) bond motifs is 2. The third-order valence-electron chi connectivity index (χ3n) is 7.87. The van der Waals surface area contributed by atoms with E-state index in [-0.39, 0.29) is 18.5 Å². The standard InChI is InChI=1S/C30H37N9O2/c1-6-39(19(3)16-31)27(40)17-34-18(2)15-30(29-35-37-38(5)36-29)25-11-9-21(20(4)32)13-22(25)7-8-23-14-24(28(33)41)10-12-26(23)30/h9-14,18-19,34H,4,6-8,15,17,32H2,1-3,5H3,(H2,33,41)/t18-,19?,30?/m1/s1. The summed E-state index contributed by atoms with van der Waals surface area (Å²) in [7, 11) is 1.72. The fourth-order valence-electron chi connectivity index (χ4n) is 5.84. The van der Waals surface area contributed by atoms with Gasteiger partial charge < -0.3 is 21.7 Å². The van der Waals surface area contributed by atoms with Gasteiger partial charge in [-0.05, 0) is 91.3 Å². The molecule has 0 spiro atoms. The van der Waals surface area contributed by atoms with E-state index in [1.807, 2.05) is 44.2 Å². The lowest BCUT2D eigenvalue weighted by atomic mass is 9.67. The summed E-state index contributed by atoms with van der Waals surface area (Å²) in [5.41, 5.74) is 16.5. The number of nitrogens with zero attached hydrogens (tertiary/aromatic N) is 6. The van der Waals surface area contributed by atoms with E-state index in [0.717, 1.165) is 27.8 Å². The van der Waals surface area contributed by atoms with E-state index in [2.05, 4.69) is 28.3 Å². The van der Waals surface area contributed by atoms with Crippen molar-refractivity contribution < 1.29 is 9.59 Å². The zero-order valence-corrected chi connectivity index (χ0v) is 24.0. The lowest BCUT2D eigenvalue weighted by molar-refractivity contribution is -0.131. The van der Waals surface area contributed by atoms with Gasteiger partial charge in [0.1, 0.15) is 6.04 Å². The van der Waals surface area contributed by atoms with Gasteiger partial charge in [0.05, 0.1) is 25.1 Å². The number of likely N-dealkylation sites (N-methyl/N-ethyl adjacent to an activating group) is 1. The second-order valence-corrected chi connectivity index (χ2v) is 10.6. The minimum Gasteiger partial charge on any atom is -0.399 e. The Labute approximate surface area is 240 Å². The Hall–Kier alpha value is -4.56. The van der Waals surface area contributed by atoms with Gasteiger partial charge in [0.25, 0.3) is 0 Å². The summed E-state index contributed by atoms with van der Waals surface area (Å²) in [6, 6.07) is 13.0. The van der Waals surface area contributed by atoms with E-state index in [0.29, 0.717) is 42.9 Å². The van der Waals surface area contributed by atoms with Crippen molar-refractivity contribution in [3.8, 4) is 6.07 Å². The van der Waals surface area contributed by atoms with Crippen molar-refractivity contribution >= 4 is 17.5 Å². The monoisotopic (exact) mass is 555 g/mol. The fraction of sp³-hybridized carbons (Fsp3) is 0.400. The first-order valence-electron chi connectivity index (χ1n) is 13.7. The summed E-state index contributed by atoms with van der Waals surface area (Å²) in [6.07, 6.45) is 1.82. The molecule has 4 rings (SSSR count). The molecule has 11 nitrogen and oxygen atoms in total. The smallest absolute Gasteiger partial charge is 0.248 e. The molecular weight excluding hydrogens is 518 g/mol. The normalized spacial score (nSPS) is 17.3. The first kappa shape index (κ1) is 29.4. The van der Waals surface area contributed by atoms with Gasteiger partial charge in [0, 0.05) is 23.8 Å². The van der Waals surface area contributed by atoms with E-state index in [1.54, 1.807) is 24.9 Å². The van der Waals surface area contributed by atoms with Crippen LogP contribution in [0.2, 0.25) is 0 Å². The molecule has 214 valence electrons. The van der Waals surface area contributed by atoms with Gasteiger partial charge in [0.15, 0.2) is 5.82 Å². The number of primary amides is 1. The van der Waals surface area contributed by atoms with Crippen molar-refractivity contribution in [1.29, 1.82) is 5.26 Å². The number of aromatic nitrogens is 4. The molecule has 2 amide bonds. The van der Waals surface area contributed by atoms with Gasteiger partial charge in [0.2, 0.25) is 11.8 Å². The molecule has 41 heavy (non-hydrogen) atoms. The van der Waals surface area contributed by atoms with Crippen LogP contribution in [0.5, 0.6) is 0 Å². The summed E-state index contributed by atoms with van der Waals surface area (Å²) in [6.45, 7) is 10.00. The third kappa shape index (κ3) is 5.69. The summed E-state index contributed by atoms with van der Waals surface area (Å²) >= 11 is 0. The quantitative estimate of drug-likeness (QED) is 0.340. The van der Waals surface area contributed by atoms with Crippen molar-refractivity contribution in [2.75, 3.05) is 13.1 Å². The minimum absolute atomic E-state index is 0.0667. The highest BCUT2D eigenvalue weighted by Gasteiger charge is 2.46. The van der Waals surface area contributed by atoms with Crippen LogP contribution in [0.15, 0.2) is 43.0 Å². The molecular formula is C30H37N9O2. The number of tetrazole rings is 1. The van der Waals surface area contributed by atoms with Crippen molar-refractivity contribution in [1.82, 2.24) is 30.4 Å². The number of carbonyl (C=O) groups is 2. The number of carbonyl (C=O) groups excluding carboxylic acids is 2. The molecule has 0 saturated carbocycles.